The third kappa shape index (κ3) is 5.47. The number of anilines is 1. The van der Waals surface area contributed by atoms with Gasteiger partial charge in [0.1, 0.15) is 11.3 Å². The third-order valence-electron chi connectivity index (χ3n) is 4.12. The molecule has 0 aliphatic carbocycles. The van der Waals surface area contributed by atoms with Crippen molar-refractivity contribution in [1.29, 1.82) is 0 Å². The number of hydrogen-bond acceptors (Lipinski definition) is 4. The molecule has 0 unspecified atom stereocenters. The molecule has 0 N–H and O–H groups in total. The highest BCUT2D eigenvalue weighted by molar-refractivity contribution is 7.22. The number of benzene rings is 2. The van der Waals surface area contributed by atoms with E-state index in [1.54, 1.807) is 4.90 Å². The number of nitrogens with zero attached hydrogens (tertiary/aromatic N) is 3. The third-order valence-corrected chi connectivity index (χ3v) is 5.14. The van der Waals surface area contributed by atoms with Crippen molar-refractivity contribution in [1.82, 2.24) is 9.88 Å². The summed E-state index contributed by atoms with van der Waals surface area (Å²) in [5.74, 6) is -1.47. The Labute approximate surface area is 173 Å². The van der Waals surface area contributed by atoms with Crippen molar-refractivity contribution in [3.05, 3.63) is 59.7 Å². The molecule has 0 aliphatic rings. The Hall–Kier alpha value is -2.09. The molecule has 8 heteroatoms. The molecule has 1 heterocycles. The van der Waals surface area contributed by atoms with Crippen LogP contribution in [-0.4, -0.2) is 43.0 Å². The van der Waals surface area contributed by atoms with E-state index < -0.39 is 11.6 Å². The summed E-state index contributed by atoms with van der Waals surface area (Å²) in [4.78, 5) is 20.8. The van der Waals surface area contributed by atoms with Crippen LogP contribution in [-0.2, 0) is 11.2 Å². The van der Waals surface area contributed by atoms with Gasteiger partial charge in [-0.2, -0.15) is 0 Å². The Morgan fingerprint density at radius 1 is 1.11 bits per heavy atom. The minimum absolute atomic E-state index is 0. The van der Waals surface area contributed by atoms with Gasteiger partial charge in [-0.05, 0) is 38.7 Å². The van der Waals surface area contributed by atoms with Gasteiger partial charge >= 0.3 is 0 Å². The number of hydrogen-bond donors (Lipinski definition) is 0. The molecule has 0 aliphatic heterocycles. The van der Waals surface area contributed by atoms with Crippen LogP contribution < -0.4 is 4.90 Å². The van der Waals surface area contributed by atoms with Crippen molar-refractivity contribution in [2.24, 2.45) is 0 Å². The van der Waals surface area contributed by atoms with E-state index >= 15 is 0 Å². The lowest BCUT2D eigenvalue weighted by Crippen LogP contribution is -2.34. The van der Waals surface area contributed by atoms with Crippen LogP contribution in [0.5, 0.6) is 0 Å². The van der Waals surface area contributed by atoms with Gasteiger partial charge in [0.2, 0.25) is 5.91 Å². The minimum atomic E-state index is -0.712. The summed E-state index contributed by atoms with van der Waals surface area (Å²) in [6.07, 6.45) is 0.982. The van der Waals surface area contributed by atoms with E-state index in [0.717, 1.165) is 35.9 Å². The van der Waals surface area contributed by atoms with Gasteiger partial charge in [0.15, 0.2) is 10.9 Å². The maximum absolute atomic E-state index is 14.0. The fourth-order valence-corrected chi connectivity index (χ4v) is 3.85. The predicted molar refractivity (Wildman–Crippen MR) is 112 cm³/mol. The van der Waals surface area contributed by atoms with Crippen LogP contribution in [0.2, 0.25) is 0 Å². The van der Waals surface area contributed by atoms with Gasteiger partial charge in [-0.3, -0.25) is 9.69 Å². The molecule has 0 saturated carbocycles. The maximum Gasteiger partial charge on any atom is 0.233 e. The number of carbonyl (C=O) groups excluding carboxylic acids is 1. The van der Waals surface area contributed by atoms with Crippen LogP contribution in [0.25, 0.3) is 10.2 Å². The van der Waals surface area contributed by atoms with Gasteiger partial charge in [-0.1, -0.05) is 41.7 Å². The van der Waals surface area contributed by atoms with E-state index in [1.807, 2.05) is 49.3 Å². The second-order valence-corrected chi connectivity index (χ2v) is 7.60. The number of fused-ring (bicyclic) bond motifs is 1. The molecule has 1 amide bonds. The smallest absolute Gasteiger partial charge is 0.233 e. The lowest BCUT2D eigenvalue weighted by Gasteiger charge is -2.21. The van der Waals surface area contributed by atoms with Gasteiger partial charge in [0.05, 0.1) is 11.1 Å². The highest BCUT2D eigenvalue weighted by Crippen LogP contribution is 2.31. The first-order chi connectivity index (χ1) is 12.9. The molecule has 3 rings (SSSR count). The second-order valence-electron chi connectivity index (χ2n) is 6.60. The van der Waals surface area contributed by atoms with Crippen LogP contribution in [0.15, 0.2) is 42.5 Å². The Balaban J connectivity index is 0.00000280. The van der Waals surface area contributed by atoms with Crippen molar-refractivity contribution in [3.8, 4) is 0 Å². The van der Waals surface area contributed by atoms with Gasteiger partial charge < -0.3 is 4.90 Å². The normalized spacial score (nSPS) is 10.9. The Morgan fingerprint density at radius 3 is 2.50 bits per heavy atom. The number of amides is 1. The van der Waals surface area contributed by atoms with Gasteiger partial charge in [0.25, 0.3) is 0 Å². The molecule has 0 fully saturated rings. The van der Waals surface area contributed by atoms with Crippen LogP contribution in [0.1, 0.15) is 12.0 Å². The van der Waals surface area contributed by atoms with Crippen molar-refractivity contribution in [2.45, 2.75) is 12.8 Å². The van der Waals surface area contributed by atoms with Crippen LogP contribution in [0.3, 0.4) is 0 Å². The molecule has 4 nitrogen and oxygen atoms in total. The zero-order chi connectivity index (χ0) is 19.4. The summed E-state index contributed by atoms with van der Waals surface area (Å²) in [6.45, 7) is 1.27. The maximum atomic E-state index is 14.0. The van der Waals surface area contributed by atoms with Crippen molar-refractivity contribution < 1.29 is 13.6 Å². The molecular formula is C20H22ClF2N3OS. The quantitative estimate of drug-likeness (QED) is 0.558. The molecule has 2 aromatic carbocycles. The summed E-state index contributed by atoms with van der Waals surface area (Å²) in [7, 11) is 3.93. The first-order valence-electron chi connectivity index (χ1n) is 8.68. The highest BCUT2D eigenvalue weighted by atomic mass is 35.5. The number of carbonyl (C=O) groups is 1. The Kier molecular flexibility index (Phi) is 7.86. The van der Waals surface area contributed by atoms with Crippen LogP contribution in [0, 0.1) is 11.6 Å². The second kappa shape index (κ2) is 9.91. The van der Waals surface area contributed by atoms with Crippen molar-refractivity contribution >= 4 is 45.0 Å². The fourth-order valence-electron chi connectivity index (χ4n) is 2.80. The van der Waals surface area contributed by atoms with E-state index in [0.29, 0.717) is 16.4 Å². The summed E-state index contributed by atoms with van der Waals surface area (Å²) in [5.41, 5.74) is 1.000. The number of halogens is 3. The van der Waals surface area contributed by atoms with E-state index in [4.69, 9.17) is 0 Å². The number of aromatic nitrogens is 1. The Morgan fingerprint density at radius 2 is 1.82 bits per heavy atom. The zero-order valence-corrected chi connectivity index (χ0v) is 17.3. The average molecular weight is 426 g/mol. The molecule has 0 radical (unpaired) electrons. The number of rotatable bonds is 7. The van der Waals surface area contributed by atoms with Gasteiger partial charge in [-0.15, -0.1) is 12.4 Å². The summed E-state index contributed by atoms with van der Waals surface area (Å²) < 4.78 is 27.9. The van der Waals surface area contributed by atoms with Gasteiger partial charge in [-0.25, -0.2) is 13.8 Å². The molecule has 0 atom stereocenters. The predicted octanol–water partition coefficient (Wildman–Crippen LogP) is 4.52. The van der Waals surface area contributed by atoms with E-state index in [2.05, 4.69) is 4.98 Å². The van der Waals surface area contributed by atoms with Gasteiger partial charge in [0, 0.05) is 12.6 Å². The summed E-state index contributed by atoms with van der Waals surface area (Å²) in [6, 6.07) is 11.5. The SMILES string of the molecule is CN(C)CCCN(C(=O)Cc1ccccc1)c1nc2c(F)cc(F)cc2s1.Cl. The fraction of sp³-hybridized carbons (Fsp3) is 0.300. The molecule has 150 valence electrons. The largest absolute Gasteiger partial charge is 0.309 e. The summed E-state index contributed by atoms with van der Waals surface area (Å²) >= 11 is 1.13. The lowest BCUT2D eigenvalue weighted by atomic mass is 10.1. The lowest BCUT2D eigenvalue weighted by molar-refractivity contribution is -0.118. The molecular weight excluding hydrogens is 404 g/mol. The zero-order valence-electron chi connectivity index (χ0n) is 15.7. The van der Waals surface area contributed by atoms with E-state index in [9.17, 15) is 13.6 Å². The van der Waals surface area contributed by atoms with Crippen LogP contribution in [0.4, 0.5) is 13.9 Å². The minimum Gasteiger partial charge on any atom is -0.309 e. The van der Waals surface area contributed by atoms with Crippen molar-refractivity contribution in [2.75, 3.05) is 32.1 Å². The summed E-state index contributed by atoms with van der Waals surface area (Å²) in [5, 5.41) is 0.397. The van der Waals surface area contributed by atoms with E-state index in [-0.39, 0.29) is 30.3 Å². The first-order valence-corrected chi connectivity index (χ1v) is 9.50. The monoisotopic (exact) mass is 425 g/mol. The van der Waals surface area contributed by atoms with E-state index in [1.165, 1.54) is 6.07 Å². The highest BCUT2D eigenvalue weighted by Gasteiger charge is 2.21. The topological polar surface area (TPSA) is 36.4 Å². The van der Waals surface area contributed by atoms with Crippen molar-refractivity contribution in [3.63, 3.8) is 0 Å². The molecule has 28 heavy (non-hydrogen) atoms. The van der Waals surface area contributed by atoms with Crippen LogP contribution >= 0.6 is 23.7 Å². The molecule has 1 aromatic heterocycles. The average Bonchev–Trinajstić information content (AvgIpc) is 3.03. The number of thiazole rings is 1. The Bertz CT molecular complexity index is 934. The molecule has 0 saturated heterocycles. The molecule has 0 bridgehead atoms. The molecule has 0 spiro atoms. The first kappa shape index (κ1) is 22.2. The molecule has 3 aromatic rings. The standard InChI is InChI=1S/C20H21F2N3OS.ClH/c1-24(2)9-6-10-25(18(26)11-14-7-4-3-5-8-14)20-23-19-16(22)12-15(21)13-17(19)27-20;/h3-5,7-8,12-13H,6,9-11H2,1-2H3;1H.